The van der Waals surface area contributed by atoms with Crippen LogP contribution >= 0.6 is 0 Å². The van der Waals surface area contributed by atoms with Crippen molar-refractivity contribution in [1.82, 2.24) is 0 Å². The Kier molecular flexibility index (Phi) is 14.0. The van der Waals surface area contributed by atoms with Crippen LogP contribution in [0, 0.1) is 5.92 Å². The minimum absolute atomic E-state index is 0.243. The first-order valence-corrected chi connectivity index (χ1v) is 12.1. The summed E-state index contributed by atoms with van der Waals surface area (Å²) in [6.45, 7) is 8.52. The van der Waals surface area contributed by atoms with E-state index < -0.39 is 0 Å². The fraction of sp³-hybridized carbons (Fsp3) is 0.571. The van der Waals surface area contributed by atoms with Crippen molar-refractivity contribution < 1.29 is 23.7 Å². The Hall–Kier alpha value is -1.76. The number of hydrogen-bond donors (Lipinski definition) is 0. The molecule has 0 aliphatic carbocycles. The van der Waals surface area contributed by atoms with E-state index in [-0.39, 0.29) is 12.4 Å². The lowest BCUT2D eigenvalue weighted by atomic mass is 9.92. The Morgan fingerprint density at radius 2 is 1.39 bits per heavy atom. The zero-order valence-corrected chi connectivity index (χ0v) is 20.7. The largest absolute Gasteiger partial charge is 0.382 e. The summed E-state index contributed by atoms with van der Waals surface area (Å²) in [5.74, 6) is 0.512. The molecule has 0 unspecified atom stereocenters. The van der Waals surface area contributed by atoms with E-state index in [1.54, 1.807) is 7.11 Å². The van der Waals surface area contributed by atoms with Crippen LogP contribution in [-0.2, 0) is 36.9 Å². The molecule has 0 N–H and O–H groups in total. The molecule has 0 radical (unpaired) electrons. The van der Waals surface area contributed by atoms with Crippen molar-refractivity contribution in [3.05, 3.63) is 71.8 Å². The van der Waals surface area contributed by atoms with E-state index in [9.17, 15) is 0 Å². The zero-order chi connectivity index (χ0) is 23.6. The van der Waals surface area contributed by atoms with Gasteiger partial charge in [-0.15, -0.1) is 0 Å². The molecule has 0 heterocycles. The molecule has 33 heavy (non-hydrogen) atoms. The van der Waals surface area contributed by atoms with E-state index >= 15 is 0 Å². The van der Waals surface area contributed by atoms with Gasteiger partial charge in [-0.1, -0.05) is 74.0 Å². The summed E-state index contributed by atoms with van der Waals surface area (Å²) in [4.78, 5) is 0. The van der Waals surface area contributed by atoms with Crippen LogP contribution in [0.5, 0.6) is 0 Å². The van der Waals surface area contributed by atoms with Crippen molar-refractivity contribution in [3.63, 3.8) is 0 Å². The minimum Gasteiger partial charge on any atom is -0.382 e. The Bertz CT molecular complexity index is 709. The third-order valence-electron chi connectivity index (χ3n) is 5.72. The number of benzene rings is 2. The monoisotopic (exact) mass is 458 g/mol. The van der Waals surface area contributed by atoms with Gasteiger partial charge in [0.2, 0.25) is 0 Å². The Morgan fingerprint density at radius 1 is 0.758 bits per heavy atom. The van der Waals surface area contributed by atoms with Gasteiger partial charge in [-0.3, -0.25) is 0 Å². The summed E-state index contributed by atoms with van der Waals surface area (Å²) in [5.41, 5.74) is 2.17. The summed E-state index contributed by atoms with van der Waals surface area (Å²) in [5, 5.41) is 0. The summed E-state index contributed by atoms with van der Waals surface area (Å²) in [6.07, 6.45) is 4.01. The lowest BCUT2D eigenvalue weighted by Crippen LogP contribution is -2.31. The second kappa shape index (κ2) is 16.8. The molecular weight excluding hydrogens is 416 g/mol. The predicted molar refractivity (Wildman–Crippen MR) is 132 cm³/mol. The first-order chi connectivity index (χ1) is 16.1. The molecular formula is C28H42O5. The van der Waals surface area contributed by atoms with Crippen molar-refractivity contribution in [3.8, 4) is 0 Å². The molecule has 0 aromatic heterocycles. The Labute approximate surface area is 200 Å². The lowest BCUT2D eigenvalue weighted by molar-refractivity contribution is -0.101. The van der Waals surface area contributed by atoms with Crippen LogP contribution in [0.2, 0.25) is 0 Å². The third-order valence-corrected chi connectivity index (χ3v) is 5.72. The molecule has 0 aliphatic rings. The Morgan fingerprint density at radius 3 is 2.06 bits per heavy atom. The maximum Gasteiger partial charge on any atom is 0.146 e. The van der Waals surface area contributed by atoms with Crippen LogP contribution in [0.3, 0.4) is 0 Å². The van der Waals surface area contributed by atoms with Gasteiger partial charge < -0.3 is 23.7 Å². The highest BCUT2D eigenvalue weighted by Gasteiger charge is 2.25. The van der Waals surface area contributed by atoms with Crippen LogP contribution in [-0.4, -0.2) is 45.9 Å². The second-order valence-corrected chi connectivity index (χ2v) is 8.90. The van der Waals surface area contributed by atoms with Crippen molar-refractivity contribution in [2.45, 2.75) is 58.3 Å². The summed E-state index contributed by atoms with van der Waals surface area (Å²) < 4.78 is 28.4. The smallest absolute Gasteiger partial charge is 0.146 e. The molecule has 0 saturated heterocycles. The number of rotatable bonds is 19. The van der Waals surface area contributed by atoms with Gasteiger partial charge in [-0.2, -0.15) is 0 Å². The minimum atomic E-state index is -0.243. The lowest BCUT2D eigenvalue weighted by Gasteiger charge is -2.31. The molecule has 0 spiro atoms. The van der Waals surface area contributed by atoms with Crippen LogP contribution in [0.25, 0.3) is 0 Å². The maximum atomic E-state index is 6.41. The molecule has 0 saturated carbocycles. The molecule has 2 atom stereocenters. The van der Waals surface area contributed by atoms with Crippen LogP contribution in [0.4, 0.5) is 0 Å². The van der Waals surface area contributed by atoms with Crippen molar-refractivity contribution >= 4 is 0 Å². The highest BCUT2D eigenvalue weighted by molar-refractivity contribution is 5.14. The topological polar surface area (TPSA) is 46.2 Å². The molecule has 5 nitrogen and oxygen atoms in total. The van der Waals surface area contributed by atoms with Gasteiger partial charge in [0.05, 0.1) is 38.6 Å². The van der Waals surface area contributed by atoms with E-state index in [1.807, 2.05) is 36.4 Å². The predicted octanol–water partition coefficient (Wildman–Crippen LogP) is 6.01. The van der Waals surface area contributed by atoms with E-state index in [0.29, 0.717) is 39.0 Å². The van der Waals surface area contributed by atoms with E-state index in [1.165, 1.54) is 11.1 Å². The van der Waals surface area contributed by atoms with Crippen LogP contribution in [0.15, 0.2) is 60.7 Å². The number of methoxy groups -OCH3 is 1. The molecule has 2 aromatic carbocycles. The highest BCUT2D eigenvalue weighted by Crippen LogP contribution is 2.26. The standard InChI is InChI=1S/C28H42O5/c1-25(21-32-22-26-12-6-4-7-13-26)11-10-16-28(2,17-18-30-24-31-20-19-29-3)33-23-27-14-8-5-9-15-27/h4-9,12-15,25H,10-11,16-24H2,1-3H3/t25-,28+/m1/s1. The quantitative estimate of drug-likeness (QED) is 0.190. The SMILES string of the molecule is COCCOCOCC[C@](C)(CCC[C@@H](C)COCc1ccccc1)OCc1ccccc1. The van der Waals surface area contributed by atoms with Crippen molar-refractivity contribution in [1.29, 1.82) is 0 Å². The molecule has 0 bridgehead atoms. The van der Waals surface area contributed by atoms with Crippen molar-refractivity contribution in [2.75, 3.05) is 40.3 Å². The van der Waals surface area contributed by atoms with Gasteiger partial charge in [0.15, 0.2) is 0 Å². The van der Waals surface area contributed by atoms with Crippen LogP contribution < -0.4 is 0 Å². The number of hydrogen-bond acceptors (Lipinski definition) is 5. The van der Waals surface area contributed by atoms with E-state index in [0.717, 1.165) is 32.3 Å². The van der Waals surface area contributed by atoms with Gasteiger partial charge >= 0.3 is 0 Å². The molecule has 5 heteroatoms. The third kappa shape index (κ3) is 12.9. The van der Waals surface area contributed by atoms with Gasteiger partial charge in [-0.05, 0) is 43.2 Å². The van der Waals surface area contributed by atoms with Gasteiger partial charge in [0.25, 0.3) is 0 Å². The first-order valence-electron chi connectivity index (χ1n) is 12.1. The Balaban J connectivity index is 1.71. The summed E-state index contributed by atoms with van der Waals surface area (Å²) >= 11 is 0. The van der Waals surface area contributed by atoms with E-state index in [2.05, 4.69) is 38.1 Å². The fourth-order valence-corrected chi connectivity index (χ4v) is 3.57. The van der Waals surface area contributed by atoms with Gasteiger partial charge in [0.1, 0.15) is 6.79 Å². The number of ether oxygens (including phenoxy) is 5. The van der Waals surface area contributed by atoms with Crippen molar-refractivity contribution in [2.24, 2.45) is 5.92 Å². The molecule has 0 amide bonds. The second-order valence-electron chi connectivity index (χ2n) is 8.90. The zero-order valence-electron chi connectivity index (χ0n) is 20.7. The van der Waals surface area contributed by atoms with Gasteiger partial charge in [-0.25, -0.2) is 0 Å². The molecule has 2 rings (SSSR count). The normalized spacial score (nSPS) is 14.2. The average molecular weight is 459 g/mol. The van der Waals surface area contributed by atoms with Crippen LogP contribution in [0.1, 0.15) is 50.7 Å². The summed E-state index contributed by atoms with van der Waals surface area (Å²) in [6, 6.07) is 20.7. The molecule has 0 fully saturated rings. The maximum absolute atomic E-state index is 6.41. The molecule has 2 aromatic rings. The molecule has 184 valence electrons. The van der Waals surface area contributed by atoms with E-state index in [4.69, 9.17) is 23.7 Å². The fourth-order valence-electron chi connectivity index (χ4n) is 3.57. The molecule has 0 aliphatic heterocycles. The summed E-state index contributed by atoms with van der Waals surface area (Å²) in [7, 11) is 1.66. The highest BCUT2D eigenvalue weighted by atomic mass is 16.7. The average Bonchev–Trinajstić information content (AvgIpc) is 2.84. The van der Waals surface area contributed by atoms with Gasteiger partial charge in [0, 0.05) is 13.7 Å². The first kappa shape index (κ1) is 27.5.